The Bertz CT molecular complexity index is 536. The lowest BCUT2D eigenvalue weighted by Gasteiger charge is -2.24. The zero-order chi connectivity index (χ0) is 14.0. The fourth-order valence-electron chi connectivity index (χ4n) is 1.33. The fraction of sp³-hybridized carbons (Fsp3) is 0.500. The summed E-state index contributed by atoms with van der Waals surface area (Å²) in [6.45, 7) is 3.33. The van der Waals surface area contributed by atoms with Crippen molar-refractivity contribution in [2.45, 2.75) is 36.4 Å². The molecule has 0 aliphatic carbocycles. The van der Waals surface area contributed by atoms with Crippen LogP contribution in [0.2, 0.25) is 0 Å². The third-order valence-corrected chi connectivity index (χ3v) is 6.00. The molecule has 0 fully saturated rings. The summed E-state index contributed by atoms with van der Waals surface area (Å²) < 4.78 is 27.5. The van der Waals surface area contributed by atoms with Crippen molar-refractivity contribution < 1.29 is 18.3 Å². The Labute approximate surface area is 118 Å². The van der Waals surface area contributed by atoms with E-state index in [1.807, 2.05) is 0 Å². The first-order valence-corrected chi connectivity index (χ1v) is 8.23. The number of carbonyl (C=O) groups is 1. The second-order valence-corrected chi connectivity index (χ2v) is 8.81. The number of halogens is 1. The molecule has 0 bridgehead atoms. The van der Waals surface area contributed by atoms with Crippen LogP contribution in [0.15, 0.2) is 20.1 Å². The molecule has 0 aliphatic rings. The number of hydrogen-bond donors (Lipinski definition) is 2. The van der Waals surface area contributed by atoms with E-state index >= 15 is 0 Å². The van der Waals surface area contributed by atoms with Gasteiger partial charge in [-0.25, -0.2) is 13.1 Å². The van der Waals surface area contributed by atoms with E-state index in [0.717, 1.165) is 15.1 Å². The third-order valence-electron chi connectivity index (χ3n) is 2.19. The van der Waals surface area contributed by atoms with Gasteiger partial charge >= 0.3 is 5.97 Å². The number of thiophene rings is 1. The first kappa shape index (κ1) is 15.6. The van der Waals surface area contributed by atoms with Gasteiger partial charge in [-0.2, -0.15) is 0 Å². The van der Waals surface area contributed by atoms with Crippen LogP contribution in [-0.4, -0.2) is 25.0 Å². The maximum absolute atomic E-state index is 12.0. The van der Waals surface area contributed by atoms with Crippen molar-refractivity contribution in [3.05, 3.63) is 15.9 Å². The van der Waals surface area contributed by atoms with Gasteiger partial charge in [-0.1, -0.05) is 0 Å². The molecule has 0 unspecified atom stereocenters. The van der Waals surface area contributed by atoms with Gasteiger partial charge in [0, 0.05) is 12.0 Å². The maximum Gasteiger partial charge on any atom is 0.303 e. The number of carboxylic acid groups (broad SMARTS) is 1. The molecule has 0 saturated carbocycles. The van der Waals surface area contributed by atoms with Gasteiger partial charge < -0.3 is 5.11 Å². The highest BCUT2D eigenvalue weighted by atomic mass is 79.9. The normalized spacial score (nSPS) is 12.6. The zero-order valence-electron chi connectivity index (χ0n) is 9.94. The van der Waals surface area contributed by atoms with E-state index in [1.54, 1.807) is 19.9 Å². The molecule has 1 rings (SSSR count). The van der Waals surface area contributed by atoms with E-state index in [1.165, 1.54) is 6.07 Å². The summed E-state index contributed by atoms with van der Waals surface area (Å²) in [5.74, 6) is -0.943. The summed E-state index contributed by atoms with van der Waals surface area (Å²) in [6, 6.07) is 3.16. The van der Waals surface area contributed by atoms with Crippen LogP contribution in [0.25, 0.3) is 0 Å². The highest BCUT2D eigenvalue weighted by Gasteiger charge is 2.27. The van der Waals surface area contributed by atoms with Crippen LogP contribution in [0.1, 0.15) is 26.7 Å². The molecule has 18 heavy (non-hydrogen) atoms. The maximum atomic E-state index is 12.0. The SMILES string of the molecule is CC(C)(CCC(=O)O)NS(=O)(=O)c1ccc(Br)s1. The van der Waals surface area contributed by atoms with E-state index in [9.17, 15) is 13.2 Å². The standard InChI is InChI=1S/C10H14BrNO4S2/c1-10(2,6-5-8(13)14)12-18(15,16)9-4-3-7(11)17-9/h3-4,12H,5-6H2,1-2H3,(H,13,14). The quantitative estimate of drug-likeness (QED) is 0.820. The second-order valence-electron chi connectivity index (χ2n) is 4.44. The summed E-state index contributed by atoms with van der Waals surface area (Å²) in [5, 5.41) is 8.61. The van der Waals surface area contributed by atoms with Gasteiger partial charge in [0.25, 0.3) is 10.0 Å². The molecule has 1 aromatic rings. The summed E-state index contributed by atoms with van der Waals surface area (Å²) in [7, 11) is -3.60. The van der Waals surface area contributed by atoms with Crippen molar-refractivity contribution in [2.75, 3.05) is 0 Å². The molecule has 0 saturated heterocycles. The Morgan fingerprint density at radius 1 is 1.50 bits per heavy atom. The average molecular weight is 356 g/mol. The van der Waals surface area contributed by atoms with Crippen LogP contribution in [0.5, 0.6) is 0 Å². The van der Waals surface area contributed by atoms with E-state index in [4.69, 9.17) is 5.11 Å². The summed E-state index contributed by atoms with van der Waals surface area (Å²) in [6.07, 6.45) is 0.151. The first-order chi connectivity index (χ1) is 8.12. The average Bonchev–Trinajstić information content (AvgIpc) is 2.61. The zero-order valence-corrected chi connectivity index (χ0v) is 13.2. The van der Waals surface area contributed by atoms with Crippen LogP contribution in [0, 0.1) is 0 Å². The highest BCUT2D eigenvalue weighted by Crippen LogP contribution is 2.27. The molecule has 102 valence electrons. The van der Waals surface area contributed by atoms with Crippen molar-refractivity contribution >= 4 is 43.3 Å². The molecule has 5 nitrogen and oxygen atoms in total. The van der Waals surface area contributed by atoms with Gasteiger partial charge in [-0.15, -0.1) is 11.3 Å². The molecule has 8 heteroatoms. The van der Waals surface area contributed by atoms with E-state index in [-0.39, 0.29) is 17.1 Å². The van der Waals surface area contributed by atoms with Gasteiger partial charge in [0.1, 0.15) is 4.21 Å². The van der Waals surface area contributed by atoms with Crippen LogP contribution in [-0.2, 0) is 14.8 Å². The molecular weight excluding hydrogens is 342 g/mol. The number of rotatable bonds is 6. The lowest BCUT2D eigenvalue weighted by molar-refractivity contribution is -0.137. The van der Waals surface area contributed by atoms with Gasteiger partial charge in [-0.05, 0) is 48.3 Å². The van der Waals surface area contributed by atoms with Crippen LogP contribution >= 0.6 is 27.3 Å². The third kappa shape index (κ3) is 4.68. The molecule has 2 N–H and O–H groups in total. The summed E-state index contributed by atoms with van der Waals surface area (Å²) in [4.78, 5) is 10.5. The minimum Gasteiger partial charge on any atom is -0.481 e. The van der Waals surface area contributed by atoms with Gasteiger partial charge in [0.05, 0.1) is 3.79 Å². The molecule has 0 spiro atoms. The highest BCUT2D eigenvalue weighted by molar-refractivity contribution is 9.11. The fourth-order valence-corrected chi connectivity index (χ4v) is 4.78. The Hall–Kier alpha value is -0.440. The Kier molecular flexibility index (Phi) is 4.93. The number of aliphatic carboxylic acids is 1. The summed E-state index contributed by atoms with van der Waals surface area (Å²) in [5.41, 5.74) is -0.798. The van der Waals surface area contributed by atoms with E-state index in [0.29, 0.717) is 0 Å². The van der Waals surface area contributed by atoms with Crippen LogP contribution in [0.3, 0.4) is 0 Å². The smallest absolute Gasteiger partial charge is 0.303 e. The van der Waals surface area contributed by atoms with E-state index < -0.39 is 21.5 Å². The molecule has 0 aromatic carbocycles. The van der Waals surface area contributed by atoms with Crippen LogP contribution in [0.4, 0.5) is 0 Å². The molecule has 0 radical (unpaired) electrons. The number of nitrogens with one attached hydrogen (secondary N) is 1. The lowest BCUT2D eigenvalue weighted by atomic mass is 10.0. The van der Waals surface area contributed by atoms with Crippen molar-refractivity contribution in [1.29, 1.82) is 0 Å². The Morgan fingerprint density at radius 2 is 2.11 bits per heavy atom. The van der Waals surface area contributed by atoms with Crippen molar-refractivity contribution in [3.63, 3.8) is 0 Å². The second kappa shape index (κ2) is 5.68. The molecule has 0 amide bonds. The predicted octanol–water partition coefficient (Wildman–Crippen LogP) is 2.43. The Balaban J connectivity index is 2.79. The predicted molar refractivity (Wildman–Crippen MR) is 73.3 cm³/mol. The van der Waals surface area contributed by atoms with Gasteiger partial charge in [-0.3, -0.25) is 4.79 Å². The molecule has 1 heterocycles. The number of hydrogen-bond acceptors (Lipinski definition) is 4. The summed E-state index contributed by atoms with van der Waals surface area (Å²) >= 11 is 4.31. The molecule has 0 aliphatic heterocycles. The molecule has 0 atom stereocenters. The van der Waals surface area contributed by atoms with Crippen molar-refractivity contribution in [1.82, 2.24) is 4.72 Å². The first-order valence-electron chi connectivity index (χ1n) is 5.13. The monoisotopic (exact) mass is 355 g/mol. The van der Waals surface area contributed by atoms with Crippen molar-refractivity contribution in [2.24, 2.45) is 0 Å². The van der Waals surface area contributed by atoms with Gasteiger partial charge in [0.15, 0.2) is 0 Å². The Morgan fingerprint density at radius 3 is 2.56 bits per heavy atom. The van der Waals surface area contributed by atoms with Crippen LogP contribution < -0.4 is 4.72 Å². The minimum absolute atomic E-state index is 0.0797. The number of carboxylic acids is 1. The topological polar surface area (TPSA) is 83.5 Å². The van der Waals surface area contributed by atoms with Gasteiger partial charge in [0.2, 0.25) is 0 Å². The largest absolute Gasteiger partial charge is 0.481 e. The van der Waals surface area contributed by atoms with E-state index in [2.05, 4.69) is 20.7 Å². The minimum atomic E-state index is -3.60. The number of sulfonamides is 1. The molecular formula is C10H14BrNO4S2. The molecule has 1 aromatic heterocycles. The van der Waals surface area contributed by atoms with Crippen molar-refractivity contribution in [3.8, 4) is 0 Å². The lowest BCUT2D eigenvalue weighted by Crippen LogP contribution is -2.43.